The maximum atomic E-state index is 10.4. The van der Waals surface area contributed by atoms with E-state index in [0.29, 0.717) is 24.4 Å². The van der Waals surface area contributed by atoms with Crippen molar-refractivity contribution < 1.29 is 9.53 Å². The van der Waals surface area contributed by atoms with Crippen molar-refractivity contribution in [3.05, 3.63) is 23.8 Å². The zero-order valence-electron chi connectivity index (χ0n) is 9.27. The molecule has 90 valence electrons. The number of nitriles is 1. The van der Waals surface area contributed by atoms with Crippen molar-refractivity contribution in [1.29, 1.82) is 5.26 Å². The Labute approximate surface area is 99.2 Å². The molecule has 6 nitrogen and oxygen atoms in total. The van der Waals surface area contributed by atoms with Crippen LogP contribution in [0.3, 0.4) is 0 Å². The molecule has 1 rings (SSSR count). The van der Waals surface area contributed by atoms with Crippen molar-refractivity contribution in [2.75, 3.05) is 30.8 Å². The molecule has 0 aromatic heterocycles. The van der Waals surface area contributed by atoms with Crippen LogP contribution in [0.2, 0.25) is 0 Å². The Bertz CT molecular complexity index is 440. The van der Waals surface area contributed by atoms with Gasteiger partial charge in [-0.15, -0.1) is 0 Å². The zero-order valence-corrected chi connectivity index (χ0v) is 9.27. The monoisotopic (exact) mass is 234 g/mol. The number of primary amides is 1. The number of nitrogens with zero attached hydrogens (tertiary/aromatic N) is 1. The van der Waals surface area contributed by atoms with E-state index in [1.165, 1.54) is 0 Å². The van der Waals surface area contributed by atoms with Gasteiger partial charge in [0.15, 0.2) is 0 Å². The molecule has 1 aromatic carbocycles. The number of amides is 1. The molecule has 0 aliphatic rings. The first-order valence-electron chi connectivity index (χ1n) is 5.03. The number of nitrogens with one attached hydrogen (secondary N) is 1. The van der Waals surface area contributed by atoms with Gasteiger partial charge in [0.05, 0.1) is 12.2 Å². The molecule has 6 heteroatoms. The van der Waals surface area contributed by atoms with Gasteiger partial charge in [0.2, 0.25) is 5.91 Å². The fraction of sp³-hybridized carbons (Fsp3) is 0.273. The molecule has 1 amide bonds. The van der Waals surface area contributed by atoms with Crippen LogP contribution in [0.15, 0.2) is 18.2 Å². The SMILES string of the molecule is N#Cc1cc(NCCOCC(N)=O)ccc1N. The molecular formula is C11H14N4O2. The van der Waals surface area contributed by atoms with Gasteiger partial charge >= 0.3 is 0 Å². The number of carbonyl (C=O) groups excluding carboxylic acids is 1. The predicted molar refractivity (Wildman–Crippen MR) is 64.1 cm³/mol. The van der Waals surface area contributed by atoms with E-state index in [2.05, 4.69) is 5.32 Å². The van der Waals surface area contributed by atoms with Gasteiger partial charge in [-0.2, -0.15) is 5.26 Å². The summed E-state index contributed by atoms with van der Waals surface area (Å²) < 4.78 is 4.97. The van der Waals surface area contributed by atoms with Crippen molar-refractivity contribution in [3.8, 4) is 6.07 Å². The standard InChI is InChI=1S/C11H14N4O2/c12-6-8-5-9(1-2-10(8)13)15-3-4-17-7-11(14)16/h1-2,5,15H,3-4,7,13H2,(H2,14,16). The molecule has 0 atom stereocenters. The van der Waals surface area contributed by atoms with Gasteiger partial charge in [-0.1, -0.05) is 0 Å². The summed E-state index contributed by atoms with van der Waals surface area (Å²) in [6, 6.07) is 7.08. The quantitative estimate of drug-likeness (QED) is 0.475. The highest BCUT2D eigenvalue weighted by molar-refractivity contribution is 5.74. The smallest absolute Gasteiger partial charge is 0.243 e. The molecule has 5 N–H and O–H groups in total. The largest absolute Gasteiger partial charge is 0.398 e. The van der Waals surface area contributed by atoms with Crippen LogP contribution in [-0.2, 0) is 9.53 Å². The molecule has 0 radical (unpaired) electrons. The van der Waals surface area contributed by atoms with Crippen LogP contribution in [0.25, 0.3) is 0 Å². The summed E-state index contributed by atoms with van der Waals surface area (Å²) in [5, 5.41) is 11.8. The lowest BCUT2D eigenvalue weighted by Gasteiger charge is -2.07. The first kappa shape index (κ1) is 12.8. The summed E-state index contributed by atoms with van der Waals surface area (Å²) in [5.74, 6) is -0.496. The number of hydrogen-bond acceptors (Lipinski definition) is 5. The van der Waals surface area contributed by atoms with E-state index in [0.717, 1.165) is 5.69 Å². The van der Waals surface area contributed by atoms with E-state index in [9.17, 15) is 4.79 Å². The van der Waals surface area contributed by atoms with Crippen LogP contribution in [-0.4, -0.2) is 25.7 Å². The number of carbonyl (C=O) groups is 1. The third-order valence-corrected chi connectivity index (χ3v) is 1.99. The first-order chi connectivity index (χ1) is 8.13. The van der Waals surface area contributed by atoms with Crippen molar-refractivity contribution in [2.45, 2.75) is 0 Å². The number of anilines is 2. The van der Waals surface area contributed by atoms with Gasteiger partial charge in [0.25, 0.3) is 0 Å². The lowest BCUT2D eigenvalue weighted by atomic mass is 10.2. The Kier molecular flexibility index (Phi) is 4.78. The Morgan fingerprint density at radius 2 is 2.29 bits per heavy atom. The number of nitrogens with two attached hydrogens (primary N) is 2. The maximum absolute atomic E-state index is 10.4. The minimum Gasteiger partial charge on any atom is -0.398 e. The Balaban J connectivity index is 2.37. The van der Waals surface area contributed by atoms with Crippen LogP contribution in [0.1, 0.15) is 5.56 Å². The summed E-state index contributed by atoms with van der Waals surface area (Å²) in [5.41, 5.74) is 12.1. The fourth-order valence-electron chi connectivity index (χ4n) is 1.20. The fourth-order valence-corrected chi connectivity index (χ4v) is 1.20. The minimum absolute atomic E-state index is 0.0904. The second-order valence-corrected chi connectivity index (χ2v) is 3.36. The molecule has 0 saturated carbocycles. The summed E-state index contributed by atoms with van der Waals surface area (Å²) in [4.78, 5) is 10.4. The topological polar surface area (TPSA) is 114 Å². The van der Waals surface area contributed by atoms with E-state index < -0.39 is 5.91 Å². The average Bonchev–Trinajstić information content (AvgIpc) is 2.30. The lowest BCUT2D eigenvalue weighted by molar-refractivity contribution is -0.122. The molecular weight excluding hydrogens is 220 g/mol. The Morgan fingerprint density at radius 3 is 2.94 bits per heavy atom. The van der Waals surface area contributed by atoms with Gasteiger partial charge in [-0.05, 0) is 18.2 Å². The molecule has 17 heavy (non-hydrogen) atoms. The third-order valence-electron chi connectivity index (χ3n) is 1.99. The molecule has 0 fully saturated rings. The van der Waals surface area contributed by atoms with E-state index in [1.54, 1.807) is 18.2 Å². The molecule has 0 aliphatic heterocycles. The van der Waals surface area contributed by atoms with Gasteiger partial charge in [-0.3, -0.25) is 4.79 Å². The highest BCUT2D eigenvalue weighted by Crippen LogP contribution is 2.16. The Morgan fingerprint density at radius 1 is 1.53 bits per heavy atom. The van der Waals surface area contributed by atoms with Gasteiger partial charge in [0.1, 0.15) is 12.7 Å². The third kappa shape index (κ3) is 4.40. The maximum Gasteiger partial charge on any atom is 0.243 e. The normalized spacial score (nSPS) is 9.59. The summed E-state index contributed by atoms with van der Waals surface area (Å²) in [6.07, 6.45) is 0. The van der Waals surface area contributed by atoms with Crippen molar-refractivity contribution in [1.82, 2.24) is 0 Å². The van der Waals surface area contributed by atoms with E-state index in [-0.39, 0.29) is 6.61 Å². The van der Waals surface area contributed by atoms with Crippen LogP contribution in [0.4, 0.5) is 11.4 Å². The highest BCUT2D eigenvalue weighted by Gasteiger charge is 1.99. The van der Waals surface area contributed by atoms with Crippen molar-refractivity contribution in [3.63, 3.8) is 0 Å². The van der Waals surface area contributed by atoms with Crippen LogP contribution >= 0.6 is 0 Å². The highest BCUT2D eigenvalue weighted by atomic mass is 16.5. The number of rotatable bonds is 6. The van der Waals surface area contributed by atoms with E-state index in [4.69, 9.17) is 21.5 Å². The molecule has 0 heterocycles. The molecule has 0 bridgehead atoms. The van der Waals surface area contributed by atoms with Gasteiger partial charge < -0.3 is 21.5 Å². The molecule has 0 aliphatic carbocycles. The van der Waals surface area contributed by atoms with Gasteiger partial charge in [-0.25, -0.2) is 0 Å². The number of ether oxygens (including phenoxy) is 1. The predicted octanol–water partition coefficient (Wildman–Crippen LogP) is 0.0543. The Hall–Kier alpha value is -2.26. The zero-order chi connectivity index (χ0) is 12.7. The minimum atomic E-state index is -0.496. The number of benzene rings is 1. The summed E-state index contributed by atoms with van der Waals surface area (Å²) in [6.45, 7) is 0.782. The lowest BCUT2D eigenvalue weighted by Crippen LogP contribution is -2.20. The van der Waals surface area contributed by atoms with Crippen LogP contribution in [0, 0.1) is 11.3 Å². The van der Waals surface area contributed by atoms with Crippen molar-refractivity contribution in [2.24, 2.45) is 5.73 Å². The van der Waals surface area contributed by atoms with Crippen LogP contribution in [0.5, 0.6) is 0 Å². The summed E-state index contributed by atoms with van der Waals surface area (Å²) >= 11 is 0. The second kappa shape index (κ2) is 6.35. The average molecular weight is 234 g/mol. The molecule has 0 unspecified atom stereocenters. The summed E-state index contributed by atoms with van der Waals surface area (Å²) in [7, 11) is 0. The van der Waals surface area contributed by atoms with Gasteiger partial charge in [0, 0.05) is 17.9 Å². The van der Waals surface area contributed by atoms with E-state index >= 15 is 0 Å². The van der Waals surface area contributed by atoms with E-state index in [1.807, 2.05) is 6.07 Å². The molecule has 1 aromatic rings. The van der Waals surface area contributed by atoms with Crippen LogP contribution < -0.4 is 16.8 Å². The first-order valence-corrected chi connectivity index (χ1v) is 5.03. The molecule has 0 spiro atoms. The van der Waals surface area contributed by atoms with Crippen molar-refractivity contribution >= 4 is 17.3 Å². The molecule has 0 saturated heterocycles. The number of hydrogen-bond donors (Lipinski definition) is 3. The second-order valence-electron chi connectivity index (χ2n) is 3.36. The number of nitrogen functional groups attached to an aromatic ring is 1.